The molecular formula is C46H35N3. The second-order valence-corrected chi connectivity index (χ2v) is 14.2. The first-order valence-corrected chi connectivity index (χ1v) is 17.1. The fourth-order valence-electron chi connectivity index (χ4n) is 8.17. The van der Waals surface area contributed by atoms with Crippen LogP contribution >= 0.6 is 0 Å². The Hall–Kier alpha value is -6.06. The summed E-state index contributed by atoms with van der Waals surface area (Å²) < 4.78 is 7.46. The van der Waals surface area contributed by atoms with Crippen LogP contribution in [-0.2, 0) is 5.41 Å². The van der Waals surface area contributed by atoms with E-state index >= 15 is 0 Å². The molecule has 10 rings (SSSR count). The van der Waals surface area contributed by atoms with Crippen molar-refractivity contribution >= 4 is 65.4 Å². The van der Waals surface area contributed by atoms with Gasteiger partial charge in [0, 0.05) is 49.4 Å². The van der Waals surface area contributed by atoms with E-state index in [1.807, 2.05) is 0 Å². The number of fused-ring (bicyclic) bond motifs is 11. The molecule has 49 heavy (non-hydrogen) atoms. The van der Waals surface area contributed by atoms with Gasteiger partial charge in [0.1, 0.15) is 0 Å². The summed E-state index contributed by atoms with van der Waals surface area (Å²) in [7, 11) is 0. The Morgan fingerprint density at radius 1 is 0.347 bits per heavy atom. The lowest BCUT2D eigenvalue weighted by Crippen LogP contribution is -2.11. The number of para-hydroxylation sites is 4. The molecule has 7 aromatic carbocycles. The number of hydrogen-bond acceptors (Lipinski definition) is 0. The van der Waals surface area contributed by atoms with Gasteiger partial charge in [-0.25, -0.2) is 0 Å². The van der Waals surface area contributed by atoms with Crippen molar-refractivity contribution < 1.29 is 0 Å². The molecule has 3 heteroatoms. The Kier molecular flexibility index (Phi) is 5.84. The molecule has 3 nitrogen and oxygen atoms in total. The molecule has 0 N–H and O–H groups in total. The summed E-state index contributed by atoms with van der Waals surface area (Å²) in [5.41, 5.74) is 12.1. The molecule has 0 saturated carbocycles. The van der Waals surface area contributed by atoms with E-state index in [-0.39, 0.29) is 5.41 Å². The second kappa shape index (κ2) is 10.2. The molecule has 234 valence electrons. The van der Waals surface area contributed by atoms with E-state index < -0.39 is 0 Å². The number of nitrogens with zero attached hydrogens (tertiary/aromatic N) is 3. The standard InChI is InChI=1S/C46H35N3/c1-46(2,3)30-15-14-20-33(29-30)49-39-24-13-11-22-35(39)37-26-28-41-43(45(37)49)42-40(47(41)31-16-6-4-7-17-31)27-25-36-34-21-10-12-23-38(34)48(44(36)42)32-18-8-5-9-19-32/h4-29H,1-3H3. The third-order valence-corrected chi connectivity index (χ3v) is 10.4. The first-order chi connectivity index (χ1) is 24.0. The largest absolute Gasteiger partial charge is 0.309 e. The van der Waals surface area contributed by atoms with Gasteiger partial charge in [-0.1, -0.05) is 118 Å². The van der Waals surface area contributed by atoms with E-state index in [9.17, 15) is 0 Å². The van der Waals surface area contributed by atoms with Crippen molar-refractivity contribution in [2.75, 3.05) is 0 Å². The summed E-state index contributed by atoms with van der Waals surface area (Å²) in [6.07, 6.45) is 0. The minimum Gasteiger partial charge on any atom is -0.309 e. The van der Waals surface area contributed by atoms with Crippen molar-refractivity contribution in [1.29, 1.82) is 0 Å². The molecule has 0 amide bonds. The normalized spacial score (nSPS) is 12.4. The molecule has 3 aromatic heterocycles. The van der Waals surface area contributed by atoms with Gasteiger partial charge in [-0.05, 0) is 71.6 Å². The number of hydrogen-bond donors (Lipinski definition) is 0. The highest BCUT2D eigenvalue weighted by Crippen LogP contribution is 2.46. The summed E-state index contributed by atoms with van der Waals surface area (Å²) in [4.78, 5) is 0. The third-order valence-electron chi connectivity index (χ3n) is 10.4. The van der Waals surface area contributed by atoms with E-state index in [4.69, 9.17) is 0 Å². The lowest BCUT2D eigenvalue weighted by molar-refractivity contribution is 0.590. The van der Waals surface area contributed by atoms with Crippen molar-refractivity contribution in [3.63, 3.8) is 0 Å². The van der Waals surface area contributed by atoms with Crippen LogP contribution in [0.3, 0.4) is 0 Å². The van der Waals surface area contributed by atoms with Gasteiger partial charge in [0.15, 0.2) is 0 Å². The SMILES string of the molecule is CC(C)(C)c1cccc(-n2c3ccccc3c3ccc4c(c5c(ccc6c7ccccc7n(-c7ccccc7)c65)n4-c4ccccc4)c32)c1. The highest BCUT2D eigenvalue weighted by molar-refractivity contribution is 6.33. The minimum atomic E-state index is 0.0240. The van der Waals surface area contributed by atoms with E-state index in [1.54, 1.807) is 0 Å². The Bertz CT molecular complexity index is 2890. The molecule has 0 aliphatic rings. The predicted molar refractivity (Wildman–Crippen MR) is 208 cm³/mol. The lowest BCUT2D eigenvalue weighted by Gasteiger charge is -2.20. The van der Waals surface area contributed by atoms with Crippen LogP contribution in [0, 0.1) is 0 Å². The van der Waals surface area contributed by atoms with Crippen LogP contribution in [0.1, 0.15) is 26.3 Å². The zero-order chi connectivity index (χ0) is 32.9. The van der Waals surface area contributed by atoms with Crippen molar-refractivity contribution in [1.82, 2.24) is 13.7 Å². The zero-order valence-electron chi connectivity index (χ0n) is 27.9. The van der Waals surface area contributed by atoms with Crippen molar-refractivity contribution in [2.45, 2.75) is 26.2 Å². The molecule has 0 spiro atoms. The van der Waals surface area contributed by atoms with Gasteiger partial charge in [0.05, 0.1) is 33.1 Å². The summed E-state index contributed by atoms with van der Waals surface area (Å²) in [5.74, 6) is 0. The first kappa shape index (κ1) is 28.0. The van der Waals surface area contributed by atoms with Gasteiger partial charge in [-0.2, -0.15) is 0 Å². The maximum atomic E-state index is 2.52. The summed E-state index contributed by atoms with van der Waals surface area (Å²) in [6, 6.07) is 57.9. The van der Waals surface area contributed by atoms with Gasteiger partial charge in [0.2, 0.25) is 0 Å². The van der Waals surface area contributed by atoms with Crippen molar-refractivity contribution in [2.24, 2.45) is 0 Å². The van der Waals surface area contributed by atoms with Crippen molar-refractivity contribution in [3.05, 3.63) is 163 Å². The zero-order valence-corrected chi connectivity index (χ0v) is 27.9. The average molecular weight is 630 g/mol. The first-order valence-electron chi connectivity index (χ1n) is 17.1. The molecular weight excluding hydrogens is 595 g/mol. The molecule has 3 heterocycles. The van der Waals surface area contributed by atoms with Crippen LogP contribution in [-0.4, -0.2) is 13.7 Å². The molecule has 0 fully saturated rings. The maximum absolute atomic E-state index is 2.52. The molecule has 0 aliphatic heterocycles. The summed E-state index contributed by atoms with van der Waals surface area (Å²) in [5, 5.41) is 7.56. The maximum Gasteiger partial charge on any atom is 0.0642 e. The van der Waals surface area contributed by atoms with Crippen molar-refractivity contribution in [3.8, 4) is 17.1 Å². The Balaban J connectivity index is 1.51. The van der Waals surface area contributed by atoms with Gasteiger partial charge in [0.25, 0.3) is 0 Å². The lowest BCUT2D eigenvalue weighted by atomic mass is 9.87. The molecule has 0 bridgehead atoms. The molecule has 0 radical (unpaired) electrons. The fraction of sp³-hybridized carbons (Fsp3) is 0.0870. The average Bonchev–Trinajstić information content (AvgIpc) is 3.78. The minimum absolute atomic E-state index is 0.0240. The Morgan fingerprint density at radius 2 is 0.796 bits per heavy atom. The Morgan fingerprint density at radius 3 is 1.33 bits per heavy atom. The highest BCUT2D eigenvalue weighted by atomic mass is 15.0. The molecule has 10 aromatic rings. The fourth-order valence-corrected chi connectivity index (χ4v) is 8.17. The second-order valence-electron chi connectivity index (χ2n) is 14.2. The van der Waals surface area contributed by atoms with E-state index in [1.165, 1.54) is 76.7 Å². The van der Waals surface area contributed by atoms with Crippen LogP contribution in [0.2, 0.25) is 0 Å². The quantitative estimate of drug-likeness (QED) is 0.185. The number of aromatic nitrogens is 3. The summed E-state index contributed by atoms with van der Waals surface area (Å²) in [6.45, 7) is 6.88. The van der Waals surface area contributed by atoms with Crippen LogP contribution in [0.4, 0.5) is 0 Å². The van der Waals surface area contributed by atoms with E-state index in [0.29, 0.717) is 0 Å². The van der Waals surface area contributed by atoms with E-state index in [2.05, 4.69) is 192 Å². The van der Waals surface area contributed by atoms with Gasteiger partial charge in [-0.15, -0.1) is 0 Å². The van der Waals surface area contributed by atoms with Gasteiger partial charge < -0.3 is 13.7 Å². The number of rotatable bonds is 3. The Labute approximate surface area is 284 Å². The van der Waals surface area contributed by atoms with Crippen LogP contribution in [0.25, 0.3) is 82.5 Å². The van der Waals surface area contributed by atoms with Gasteiger partial charge >= 0.3 is 0 Å². The van der Waals surface area contributed by atoms with Gasteiger partial charge in [-0.3, -0.25) is 0 Å². The smallest absolute Gasteiger partial charge is 0.0642 e. The van der Waals surface area contributed by atoms with Crippen LogP contribution < -0.4 is 0 Å². The van der Waals surface area contributed by atoms with E-state index in [0.717, 1.165) is 11.4 Å². The van der Waals surface area contributed by atoms with Crippen LogP contribution in [0.5, 0.6) is 0 Å². The van der Waals surface area contributed by atoms with Crippen LogP contribution in [0.15, 0.2) is 158 Å². The molecule has 0 unspecified atom stereocenters. The number of benzene rings is 7. The monoisotopic (exact) mass is 629 g/mol. The molecule has 0 atom stereocenters. The summed E-state index contributed by atoms with van der Waals surface area (Å²) >= 11 is 0. The topological polar surface area (TPSA) is 14.8 Å². The third kappa shape index (κ3) is 3.96. The highest BCUT2D eigenvalue weighted by Gasteiger charge is 2.25. The predicted octanol–water partition coefficient (Wildman–Crippen LogP) is 12.3. The molecule has 0 aliphatic carbocycles. The molecule has 0 saturated heterocycles.